The van der Waals surface area contributed by atoms with Gasteiger partial charge in [-0.05, 0) is 73.1 Å². The molecule has 0 aromatic heterocycles. The summed E-state index contributed by atoms with van der Waals surface area (Å²) < 4.78 is 0. The first-order chi connectivity index (χ1) is 16.1. The van der Waals surface area contributed by atoms with Gasteiger partial charge in [-0.15, -0.1) is 0 Å². The summed E-state index contributed by atoms with van der Waals surface area (Å²) in [7, 11) is 0. The first-order valence-corrected chi connectivity index (χ1v) is 11.4. The van der Waals surface area contributed by atoms with Gasteiger partial charge in [0, 0.05) is 35.8 Å². The lowest BCUT2D eigenvalue weighted by Gasteiger charge is -2.23. The molecule has 2 aromatic rings. The summed E-state index contributed by atoms with van der Waals surface area (Å²) in [6.07, 6.45) is 5.55. The molecule has 7 heteroatoms. The van der Waals surface area contributed by atoms with Gasteiger partial charge in [0.05, 0.1) is 0 Å². The fourth-order valence-corrected chi connectivity index (χ4v) is 4.85. The molecular weight excluding hydrogens is 416 g/mol. The fourth-order valence-electron chi connectivity index (χ4n) is 4.85. The highest BCUT2D eigenvalue weighted by Gasteiger charge is 2.38. The molecule has 2 amide bonds. The Balaban J connectivity index is 1.29. The van der Waals surface area contributed by atoms with Crippen molar-refractivity contribution in [3.05, 3.63) is 70.8 Å². The zero-order chi connectivity index (χ0) is 23.2. The van der Waals surface area contributed by atoms with Gasteiger partial charge in [-0.3, -0.25) is 14.8 Å². The maximum absolute atomic E-state index is 12.3. The number of nitrogens with one attached hydrogen (secondary N) is 3. The van der Waals surface area contributed by atoms with E-state index in [9.17, 15) is 9.59 Å². The molecule has 6 N–H and O–H groups in total. The van der Waals surface area contributed by atoms with Gasteiger partial charge >= 0.3 is 0 Å². The number of fused-ring (bicyclic) bond motifs is 2. The molecule has 2 bridgehead atoms. The van der Waals surface area contributed by atoms with Crippen molar-refractivity contribution in [1.29, 1.82) is 0 Å². The Kier molecular flexibility index (Phi) is 7.40. The Labute approximate surface area is 194 Å². The molecular formula is C26H30N4O3. The van der Waals surface area contributed by atoms with E-state index in [1.54, 1.807) is 24.3 Å². The van der Waals surface area contributed by atoms with Crippen molar-refractivity contribution < 1.29 is 14.8 Å². The van der Waals surface area contributed by atoms with E-state index in [2.05, 4.69) is 34.6 Å². The van der Waals surface area contributed by atoms with Crippen molar-refractivity contribution in [3.63, 3.8) is 0 Å². The van der Waals surface area contributed by atoms with Crippen LogP contribution in [0.1, 0.15) is 52.7 Å². The second-order valence-corrected chi connectivity index (χ2v) is 8.92. The smallest absolute Gasteiger partial charge is 0.267 e. The van der Waals surface area contributed by atoms with Crippen LogP contribution in [0.4, 0.5) is 0 Å². The van der Waals surface area contributed by atoms with Crippen molar-refractivity contribution in [2.45, 2.75) is 44.3 Å². The Hall–Kier alpha value is -3.18. The maximum Gasteiger partial charge on any atom is 0.267 e. The maximum atomic E-state index is 12.3. The number of benzene rings is 2. The predicted molar refractivity (Wildman–Crippen MR) is 125 cm³/mol. The molecule has 33 heavy (non-hydrogen) atoms. The largest absolute Gasteiger partial charge is 0.339 e. The SMILES string of the molecule is NC[C@H](NC(=O)c1ccc(C#Cc2ccc(CN[C@@H]3C[C@H]4CC[C@@H]3C4)cc2)cc1)C(=O)NO. The van der Waals surface area contributed by atoms with Crippen LogP contribution in [-0.2, 0) is 11.3 Å². The van der Waals surface area contributed by atoms with Crippen molar-refractivity contribution in [1.82, 2.24) is 16.1 Å². The molecule has 0 aliphatic heterocycles. The molecule has 0 unspecified atom stereocenters. The minimum atomic E-state index is -1.01. The molecule has 7 nitrogen and oxygen atoms in total. The number of hydrogen-bond donors (Lipinski definition) is 5. The van der Waals surface area contributed by atoms with Gasteiger partial charge in [0.15, 0.2) is 0 Å². The Morgan fingerprint density at radius 1 is 1.00 bits per heavy atom. The van der Waals surface area contributed by atoms with Gasteiger partial charge in [0.1, 0.15) is 6.04 Å². The van der Waals surface area contributed by atoms with E-state index >= 15 is 0 Å². The lowest BCUT2D eigenvalue weighted by atomic mass is 9.95. The Morgan fingerprint density at radius 3 is 2.21 bits per heavy atom. The van der Waals surface area contributed by atoms with Crippen LogP contribution >= 0.6 is 0 Å². The molecule has 172 valence electrons. The van der Waals surface area contributed by atoms with Crippen molar-refractivity contribution in [3.8, 4) is 11.8 Å². The third-order valence-corrected chi connectivity index (χ3v) is 6.73. The van der Waals surface area contributed by atoms with Crippen LogP contribution in [0.25, 0.3) is 0 Å². The quantitative estimate of drug-likeness (QED) is 0.253. The molecule has 2 aliphatic rings. The number of rotatable bonds is 7. The molecule has 0 saturated heterocycles. The van der Waals surface area contributed by atoms with Crippen molar-refractivity contribution >= 4 is 11.8 Å². The highest BCUT2D eigenvalue weighted by Crippen LogP contribution is 2.44. The van der Waals surface area contributed by atoms with Crippen LogP contribution in [0.3, 0.4) is 0 Å². The number of carbonyl (C=O) groups is 2. The second-order valence-electron chi connectivity index (χ2n) is 8.92. The lowest BCUT2D eigenvalue weighted by molar-refractivity contribution is -0.130. The molecule has 2 aromatic carbocycles. The van der Waals surface area contributed by atoms with Gasteiger partial charge in [-0.1, -0.05) is 30.4 Å². The normalized spacial score (nSPS) is 21.7. The first kappa shape index (κ1) is 23.0. The van der Waals surface area contributed by atoms with Crippen molar-refractivity contribution in [2.75, 3.05) is 6.54 Å². The highest BCUT2D eigenvalue weighted by molar-refractivity contribution is 5.97. The van der Waals surface area contributed by atoms with Crippen LogP contribution in [0.15, 0.2) is 48.5 Å². The number of nitrogens with two attached hydrogens (primary N) is 1. The van der Waals surface area contributed by atoms with E-state index in [-0.39, 0.29) is 6.54 Å². The summed E-state index contributed by atoms with van der Waals surface area (Å²) in [5.41, 5.74) is 10.3. The summed E-state index contributed by atoms with van der Waals surface area (Å²) in [5.74, 6) is 6.86. The minimum Gasteiger partial charge on any atom is -0.339 e. The van der Waals surface area contributed by atoms with E-state index in [1.807, 2.05) is 12.1 Å². The molecule has 0 spiro atoms. The van der Waals surface area contributed by atoms with Crippen LogP contribution < -0.4 is 21.8 Å². The zero-order valence-electron chi connectivity index (χ0n) is 18.5. The number of amides is 2. The van der Waals surface area contributed by atoms with Crippen LogP contribution in [0.5, 0.6) is 0 Å². The predicted octanol–water partition coefficient (Wildman–Crippen LogP) is 1.93. The number of carbonyl (C=O) groups excluding carboxylic acids is 2. The van der Waals surface area contributed by atoms with Gasteiger partial charge < -0.3 is 16.4 Å². The third-order valence-electron chi connectivity index (χ3n) is 6.73. The standard InChI is InChI=1S/C26H30N4O3/c27-15-24(26(32)30-33)29-25(31)21-10-7-18(8-11-21)2-1-17-3-5-19(6-4-17)16-28-23-14-20-9-12-22(23)13-20/h3-8,10-11,20,22-24,28,33H,9,12-16,27H2,(H,29,31)(H,30,32)/t20-,22+,23+,24-/m0/s1. The Morgan fingerprint density at radius 2 is 1.67 bits per heavy atom. The minimum absolute atomic E-state index is 0.127. The second kappa shape index (κ2) is 10.6. The number of hydroxylamine groups is 1. The molecule has 2 fully saturated rings. The van der Waals surface area contributed by atoms with E-state index in [1.165, 1.54) is 36.7 Å². The monoisotopic (exact) mass is 446 g/mol. The van der Waals surface area contributed by atoms with Gasteiger partial charge in [0.2, 0.25) is 0 Å². The summed E-state index contributed by atoms with van der Waals surface area (Å²) in [4.78, 5) is 23.7. The zero-order valence-corrected chi connectivity index (χ0v) is 18.5. The van der Waals surface area contributed by atoms with E-state index < -0.39 is 17.9 Å². The molecule has 2 aliphatic carbocycles. The third kappa shape index (κ3) is 5.79. The number of hydrogen-bond acceptors (Lipinski definition) is 5. The first-order valence-electron chi connectivity index (χ1n) is 11.4. The molecule has 2 saturated carbocycles. The average molecular weight is 447 g/mol. The van der Waals surface area contributed by atoms with Crippen LogP contribution in [-0.4, -0.2) is 35.7 Å². The summed E-state index contributed by atoms with van der Waals surface area (Å²) in [5, 5.41) is 14.9. The van der Waals surface area contributed by atoms with Crippen LogP contribution in [0.2, 0.25) is 0 Å². The molecule has 4 atom stereocenters. The molecule has 4 rings (SSSR count). The topological polar surface area (TPSA) is 116 Å². The van der Waals surface area contributed by atoms with E-state index in [0.29, 0.717) is 11.6 Å². The van der Waals surface area contributed by atoms with Gasteiger partial charge in [-0.2, -0.15) is 0 Å². The fraction of sp³-hybridized carbons (Fsp3) is 0.385. The average Bonchev–Trinajstić information content (AvgIpc) is 3.48. The van der Waals surface area contributed by atoms with Gasteiger partial charge in [0.25, 0.3) is 11.8 Å². The van der Waals surface area contributed by atoms with Gasteiger partial charge in [-0.25, -0.2) is 5.48 Å². The summed E-state index contributed by atoms with van der Waals surface area (Å²) >= 11 is 0. The lowest BCUT2D eigenvalue weighted by Crippen LogP contribution is -2.50. The molecule has 0 heterocycles. The summed E-state index contributed by atoms with van der Waals surface area (Å²) in [6.45, 7) is 0.772. The van der Waals surface area contributed by atoms with Crippen molar-refractivity contribution in [2.24, 2.45) is 17.6 Å². The van der Waals surface area contributed by atoms with E-state index in [4.69, 9.17) is 10.9 Å². The van der Waals surface area contributed by atoms with Crippen LogP contribution in [0, 0.1) is 23.7 Å². The highest BCUT2D eigenvalue weighted by atomic mass is 16.5. The Bertz CT molecular complexity index is 1040. The summed E-state index contributed by atoms with van der Waals surface area (Å²) in [6, 6.07) is 14.7. The molecule has 0 radical (unpaired) electrons. The van der Waals surface area contributed by atoms with E-state index in [0.717, 1.165) is 29.5 Å².